The Hall–Kier alpha value is -1.75. The second-order valence-electron chi connectivity index (χ2n) is 5.34. The molecule has 1 aliphatic heterocycles. The number of β-amino-alcohol motifs (C(OH)–C–C–N with tert-alkyl or cyclic N) is 1. The second-order valence-corrected chi connectivity index (χ2v) is 5.34. The third-order valence-corrected chi connectivity index (χ3v) is 3.45. The highest BCUT2D eigenvalue weighted by molar-refractivity contribution is 5.76. The summed E-state index contributed by atoms with van der Waals surface area (Å²) >= 11 is 0. The quantitative estimate of drug-likeness (QED) is 0.886. The van der Waals surface area contributed by atoms with E-state index in [1.54, 1.807) is 18.9 Å². The minimum absolute atomic E-state index is 0.0243. The minimum Gasteiger partial charge on any atom is -0.497 e. The van der Waals surface area contributed by atoms with Gasteiger partial charge < -0.3 is 19.5 Å². The molecule has 1 aromatic carbocycles. The Kier molecular flexibility index (Phi) is 4.49. The number of carbonyl (C=O) groups excluding carboxylic acids is 1. The van der Waals surface area contributed by atoms with Crippen molar-refractivity contribution in [3.05, 3.63) is 24.3 Å². The molecule has 1 N–H and O–H groups in total. The van der Waals surface area contributed by atoms with Crippen LogP contribution in [-0.4, -0.2) is 48.3 Å². The van der Waals surface area contributed by atoms with Gasteiger partial charge in [0.25, 0.3) is 0 Å². The van der Waals surface area contributed by atoms with Crippen LogP contribution in [0.2, 0.25) is 0 Å². The first-order chi connectivity index (χ1) is 9.50. The van der Waals surface area contributed by atoms with Crippen molar-refractivity contribution in [2.75, 3.05) is 26.8 Å². The summed E-state index contributed by atoms with van der Waals surface area (Å²) in [6, 6.07) is 7.25. The number of nitrogens with zero attached hydrogens (tertiary/aromatic N) is 1. The maximum absolute atomic E-state index is 11.9. The van der Waals surface area contributed by atoms with Crippen molar-refractivity contribution in [1.29, 1.82) is 0 Å². The van der Waals surface area contributed by atoms with Crippen molar-refractivity contribution in [2.24, 2.45) is 0 Å². The molecule has 0 aliphatic carbocycles. The third kappa shape index (κ3) is 3.87. The summed E-state index contributed by atoms with van der Waals surface area (Å²) in [4.78, 5) is 13.6. The molecule has 20 heavy (non-hydrogen) atoms. The van der Waals surface area contributed by atoms with E-state index >= 15 is 0 Å². The van der Waals surface area contributed by atoms with Gasteiger partial charge in [-0.3, -0.25) is 4.79 Å². The van der Waals surface area contributed by atoms with Gasteiger partial charge in [0.15, 0.2) is 0 Å². The van der Waals surface area contributed by atoms with Crippen LogP contribution in [0.25, 0.3) is 0 Å². The predicted octanol–water partition coefficient (Wildman–Crippen LogP) is 1.45. The normalized spacial score (nSPS) is 21.9. The van der Waals surface area contributed by atoms with E-state index in [1.807, 2.05) is 24.3 Å². The third-order valence-electron chi connectivity index (χ3n) is 3.45. The molecule has 1 atom stereocenters. The molecule has 1 heterocycles. The summed E-state index contributed by atoms with van der Waals surface area (Å²) in [6.45, 7) is 3.13. The van der Waals surface area contributed by atoms with Crippen molar-refractivity contribution < 1.29 is 19.4 Å². The van der Waals surface area contributed by atoms with Crippen LogP contribution in [0.4, 0.5) is 0 Å². The van der Waals surface area contributed by atoms with E-state index in [1.165, 1.54) is 0 Å². The van der Waals surface area contributed by atoms with Crippen LogP contribution < -0.4 is 9.47 Å². The average molecular weight is 279 g/mol. The monoisotopic (exact) mass is 279 g/mol. The molecule has 1 aliphatic rings. The Morgan fingerprint density at radius 3 is 2.55 bits per heavy atom. The molecule has 1 aromatic rings. The SMILES string of the molecule is COc1ccc(OCCC(=O)N2CCC(C)(O)C2)cc1. The second kappa shape index (κ2) is 6.13. The molecular formula is C15H21NO4. The number of aliphatic hydroxyl groups is 1. The van der Waals surface area contributed by atoms with Crippen LogP contribution in [-0.2, 0) is 4.79 Å². The molecule has 1 unspecified atom stereocenters. The van der Waals surface area contributed by atoms with Crippen molar-refractivity contribution in [2.45, 2.75) is 25.4 Å². The standard InChI is InChI=1S/C15H21NO4/c1-15(18)8-9-16(11-15)14(17)7-10-20-13-5-3-12(19-2)4-6-13/h3-6,18H,7-11H2,1-2H3. The van der Waals surface area contributed by atoms with E-state index in [0.29, 0.717) is 38.3 Å². The number of ether oxygens (including phenoxy) is 2. The highest BCUT2D eigenvalue weighted by atomic mass is 16.5. The van der Waals surface area contributed by atoms with Gasteiger partial charge in [0, 0.05) is 13.1 Å². The number of amides is 1. The molecule has 0 radical (unpaired) electrons. The largest absolute Gasteiger partial charge is 0.497 e. The summed E-state index contributed by atoms with van der Waals surface area (Å²) in [5, 5.41) is 9.83. The molecule has 1 fully saturated rings. The summed E-state index contributed by atoms with van der Waals surface area (Å²) in [6.07, 6.45) is 0.959. The first-order valence-corrected chi connectivity index (χ1v) is 6.77. The predicted molar refractivity (Wildman–Crippen MR) is 74.9 cm³/mol. The number of carbonyl (C=O) groups is 1. The van der Waals surface area contributed by atoms with Gasteiger partial charge in [0.1, 0.15) is 11.5 Å². The van der Waals surface area contributed by atoms with Crippen LogP contribution in [0.15, 0.2) is 24.3 Å². The molecule has 5 heteroatoms. The van der Waals surface area contributed by atoms with Crippen LogP contribution in [0, 0.1) is 0 Å². The summed E-state index contributed by atoms with van der Waals surface area (Å²) < 4.78 is 10.6. The van der Waals surface area contributed by atoms with E-state index in [4.69, 9.17) is 9.47 Å². The van der Waals surface area contributed by atoms with Gasteiger partial charge in [-0.2, -0.15) is 0 Å². The Morgan fingerprint density at radius 2 is 2.00 bits per heavy atom. The van der Waals surface area contributed by atoms with Crippen LogP contribution in [0.5, 0.6) is 11.5 Å². The molecule has 5 nitrogen and oxygen atoms in total. The number of methoxy groups -OCH3 is 1. The Morgan fingerprint density at radius 1 is 1.35 bits per heavy atom. The summed E-state index contributed by atoms with van der Waals surface area (Å²) in [5.41, 5.74) is -0.744. The zero-order valence-electron chi connectivity index (χ0n) is 12.0. The lowest BCUT2D eigenvalue weighted by Crippen LogP contribution is -2.34. The number of hydrogen-bond donors (Lipinski definition) is 1. The fourth-order valence-electron chi connectivity index (χ4n) is 2.24. The number of hydrogen-bond acceptors (Lipinski definition) is 4. The number of rotatable bonds is 5. The minimum atomic E-state index is -0.744. The van der Waals surface area contributed by atoms with E-state index in [-0.39, 0.29) is 5.91 Å². The molecule has 0 saturated carbocycles. The van der Waals surface area contributed by atoms with Gasteiger partial charge in [0.2, 0.25) is 5.91 Å². The average Bonchev–Trinajstić information content (AvgIpc) is 2.80. The van der Waals surface area contributed by atoms with Gasteiger partial charge in [-0.1, -0.05) is 0 Å². The zero-order valence-corrected chi connectivity index (χ0v) is 12.0. The maximum atomic E-state index is 11.9. The smallest absolute Gasteiger partial charge is 0.226 e. The molecule has 110 valence electrons. The number of benzene rings is 1. The molecule has 0 bridgehead atoms. The van der Waals surface area contributed by atoms with E-state index in [0.717, 1.165) is 5.75 Å². The highest BCUT2D eigenvalue weighted by Gasteiger charge is 2.33. The molecule has 0 spiro atoms. The van der Waals surface area contributed by atoms with Crippen molar-refractivity contribution >= 4 is 5.91 Å². The maximum Gasteiger partial charge on any atom is 0.226 e. The van der Waals surface area contributed by atoms with Crippen LogP contribution in [0.3, 0.4) is 0 Å². The lowest BCUT2D eigenvalue weighted by Gasteiger charge is -2.19. The fraction of sp³-hybridized carbons (Fsp3) is 0.533. The van der Waals surface area contributed by atoms with Crippen molar-refractivity contribution in [3.63, 3.8) is 0 Å². The zero-order chi connectivity index (χ0) is 14.6. The summed E-state index contributed by atoms with van der Waals surface area (Å²) in [5.74, 6) is 1.51. The molecule has 1 amide bonds. The lowest BCUT2D eigenvalue weighted by atomic mass is 10.1. The Labute approximate surface area is 119 Å². The van der Waals surface area contributed by atoms with Gasteiger partial charge in [-0.25, -0.2) is 0 Å². The van der Waals surface area contributed by atoms with Gasteiger partial charge in [-0.05, 0) is 37.6 Å². The van der Waals surface area contributed by atoms with Gasteiger partial charge in [0.05, 0.1) is 25.7 Å². The Bertz CT molecular complexity index is 455. The van der Waals surface area contributed by atoms with E-state index < -0.39 is 5.60 Å². The first kappa shape index (κ1) is 14.7. The molecule has 1 saturated heterocycles. The Balaban J connectivity index is 1.74. The molecular weight excluding hydrogens is 258 g/mol. The number of likely N-dealkylation sites (tertiary alicyclic amines) is 1. The molecule has 0 aromatic heterocycles. The van der Waals surface area contributed by atoms with E-state index in [2.05, 4.69) is 0 Å². The first-order valence-electron chi connectivity index (χ1n) is 6.77. The topological polar surface area (TPSA) is 59.0 Å². The van der Waals surface area contributed by atoms with E-state index in [9.17, 15) is 9.90 Å². The van der Waals surface area contributed by atoms with Gasteiger partial charge >= 0.3 is 0 Å². The van der Waals surface area contributed by atoms with Gasteiger partial charge in [-0.15, -0.1) is 0 Å². The van der Waals surface area contributed by atoms with Crippen LogP contribution >= 0.6 is 0 Å². The fourth-order valence-corrected chi connectivity index (χ4v) is 2.24. The van der Waals surface area contributed by atoms with Crippen molar-refractivity contribution in [1.82, 2.24) is 4.90 Å². The van der Waals surface area contributed by atoms with Crippen LogP contribution in [0.1, 0.15) is 19.8 Å². The van der Waals surface area contributed by atoms with Crippen molar-refractivity contribution in [3.8, 4) is 11.5 Å². The highest BCUT2D eigenvalue weighted by Crippen LogP contribution is 2.21. The summed E-state index contributed by atoms with van der Waals surface area (Å²) in [7, 11) is 1.61. The molecule has 2 rings (SSSR count). The lowest BCUT2D eigenvalue weighted by molar-refractivity contribution is -0.131.